The van der Waals surface area contributed by atoms with Crippen molar-refractivity contribution >= 4 is 18.3 Å². The summed E-state index contributed by atoms with van der Waals surface area (Å²) in [5.41, 5.74) is 7.30. The van der Waals surface area contributed by atoms with E-state index in [0.717, 1.165) is 11.1 Å². The predicted molar refractivity (Wildman–Crippen MR) is 72.4 cm³/mol. The number of aromatic nitrogens is 4. The molecule has 0 saturated heterocycles. The third-order valence-electron chi connectivity index (χ3n) is 2.44. The van der Waals surface area contributed by atoms with E-state index in [1.807, 2.05) is 24.3 Å². The lowest BCUT2D eigenvalue weighted by atomic mass is 10.1. The van der Waals surface area contributed by atoms with Crippen LogP contribution in [0, 0.1) is 0 Å². The molecule has 0 fully saturated rings. The number of nitrogens with two attached hydrogens (primary N) is 1. The summed E-state index contributed by atoms with van der Waals surface area (Å²) < 4.78 is 0. The Morgan fingerprint density at radius 1 is 1.42 bits per heavy atom. The van der Waals surface area contributed by atoms with Crippen LogP contribution < -0.4 is 11.1 Å². The Hall–Kier alpha value is -1.99. The van der Waals surface area contributed by atoms with Crippen molar-refractivity contribution in [2.45, 2.75) is 19.5 Å². The van der Waals surface area contributed by atoms with Gasteiger partial charge in [-0.05, 0) is 17.7 Å². The van der Waals surface area contributed by atoms with Gasteiger partial charge in [0, 0.05) is 12.1 Å². The molecule has 19 heavy (non-hydrogen) atoms. The second-order valence-corrected chi connectivity index (χ2v) is 3.94. The average Bonchev–Trinajstić information content (AvgIpc) is 2.90. The van der Waals surface area contributed by atoms with Crippen LogP contribution in [0.2, 0.25) is 0 Å². The fourth-order valence-corrected chi connectivity index (χ4v) is 1.41. The first-order valence-electron chi connectivity index (χ1n) is 5.53. The summed E-state index contributed by atoms with van der Waals surface area (Å²) in [6, 6.07) is 7.04. The quantitative estimate of drug-likeness (QED) is 0.745. The van der Waals surface area contributed by atoms with Gasteiger partial charge in [0.05, 0.1) is 6.04 Å². The number of halogens is 1. The first-order chi connectivity index (χ1) is 8.66. The van der Waals surface area contributed by atoms with Gasteiger partial charge in [0.15, 0.2) is 0 Å². The van der Waals surface area contributed by atoms with Crippen LogP contribution in [0.15, 0.2) is 24.3 Å². The molecule has 2 rings (SSSR count). The highest BCUT2D eigenvalue weighted by Gasteiger charge is 2.06. The Balaban J connectivity index is 0.00000180. The standard InChI is InChI=1S/C11H14N6O.ClH/c1-7(12)11(18)13-6-8-2-4-9(5-3-8)10-14-16-17-15-10;/h2-5,7H,6,12H2,1H3,(H,13,18)(H,14,15,16,17);1H/t7-;/m0./s1. The number of hydrogen-bond donors (Lipinski definition) is 3. The number of nitrogens with one attached hydrogen (secondary N) is 2. The van der Waals surface area contributed by atoms with Crippen LogP contribution in [0.1, 0.15) is 12.5 Å². The summed E-state index contributed by atoms with van der Waals surface area (Å²) >= 11 is 0. The summed E-state index contributed by atoms with van der Waals surface area (Å²) in [4.78, 5) is 11.3. The van der Waals surface area contributed by atoms with E-state index < -0.39 is 6.04 Å². The van der Waals surface area contributed by atoms with Crippen molar-refractivity contribution in [3.05, 3.63) is 29.8 Å². The van der Waals surface area contributed by atoms with Gasteiger partial charge in [-0.2, -0.15) is 5.21 Å². The van der Waals surface area contributed by atoms with Crippen LogP contribution in [0.4, 0.5) is 0 Å². The van der Waals surface area contributed by atoms with Gasteiger partial charge in [0.2, 0.25) is 11.7 Å². The van der Waals surface area contributed by atoms with Gasteiger partial charge < -0.3 is 11.1 Å². The molecule has 1 amide bonds. The van der Waals surface area contributed by atoms with E-state index in [1.165, 1.54) is 0 Å². The number of H-pyrrole nitrogens is 1. The maximum absolute atomic E-state index is 11.3. The Labute approximate surface area is 116 Å². The molecule has 7 nitrogen and oxygen atoms in total. The van der Waals surface area contributed by atoms with E-state index >= 15 is 0 Å². The molecule has 0 aliphatic rings. The first-order valence-corrected chi connectivity index (χ1v) is 5.53. The van der Waals surface area contributed by atoms with Gasteiger partial charge in [-0.15, -0.1) is 22.6 Å². The van der Waals surface area contributed by atoms with Crippen molar-refractivity contribution in [1.29, 1.82) is 0 Å². The lowest BCUT2D eigenvalue weighted by Crippen LogP contribution is -2.37. The zero-order valence-corrected chi connectivity index (χ0v) is 11.1. The number of benzene rings is 1. The first kappa shape index (κ1) is 15.1. The van der Waals surface area contributed by atoms with Crippen molar-refractivity contribution in [3.8, 4) is 11.4 Å². The molecule has 0 bridgehead atoms. The van der Waals surface area contributed by atoms with E-state index in [9.17, 15) is 4.79 Å². The van der Waals surface area contributed by atoms with Gasteiger partial charge >= 0.3 is 0 Å². The Bertz CT molecular complexity index is 510. The molecule has 0 unspecified atom stereocenters. The van der Waals surface area contributed by atoms with Crippen LogP contribution in [0.3, 0.4) is 0 Å². The third-order valence-corrected chi connectivity index (χ3v) is 2.44. The van der Waals surface area contributed by atoms with Crippen LogP contribution in [0.5, 0.6) is 0 Å². The highest BCUT2D eigenvalue weighted by Crippen LogP contribution is 2.13. The van der Waals surface area contributed by atoms with E-state index in [0.29, 0.717) is 12.4 Å². The lowest BCUT2D eigenvalue weighted by molar-refractivity contribution is -0.122. The third kappa shape index (κ3) is 4.01. The van der Waals surface area contributed by atoms with Crippen molar-refractivity contribution in [1.82, 2.24) is 25.9 Å². The molecule has 8 heteroatoms. The molecule has 4 N–H and O–H groups in total. The van der Waals surface area contributed by atoms with Crippen molar-refractivity contribution in [3.63, 3.8) is 0 Å². The molecular weight excluding hydrogens is 268 g/mol. The Morgan fingerprint density at radius 3 is 2.63 bits per heavy atom. The average molecular weight is 283 g/mol. The van der Waals surface area contributed by atoms with Crippen molar-refractivity contribution in [2.24, 2.45) is 5.73 Å². The number of carbonyl (C=O) groups excluding carboxylic acids is 1. The summed E-state index contributed by atoms with van der Waals surface area (Å²) in [5, 5.41) is 16.4. The molecule has 0 aliphatic heterocycles. The van der Waals surface area contributed by atoms with E-state index in [-0.39, 0.29) is 18.3 Å². The predicted octanol–water partition coefficient (Wildman–Crippen LogP) is 0.252. The number of rotatable bonds is 4. The Morgan fingerprint density at radius 2 is 2.11 bits per heavy atom. The molecule has 1 heterocycles. The number of nitrogens with zero attached hydrogens (tertiary/aromatic N) is 3. The maximum Gasteiger partial charge on any atom is 0.236 e. The minimum atomic E-state index is -0.497. The zero-order chi connectivity index (χ0) is 13.0. The molecular formula is C11H15ClN6O. The lowest BCUT2D eigenvalue weighted by Gasteiger charge is -2.07. The SMILES string of the molecule is C[C@H](N)C(=O)NCc1ccc(-c2nn[nH]n2)cc1.Cl. The van der Waals surface area contributed by atoms with Crippen LogP contribution >= 0.6 is 12.4 Å². The fourth-order valence-electron chi connectivity index (χ4n) is 1.41. The maximum atomic E-state index is 11.3. The summed E-state index contributed by atoms with van der Waals surface area (Å²) in [6.07, 6.45) is 0. The summed E-state index contributed by atoms with van der Waals surface area (Å²) in [5.74, 6) is 0.374. The highest BCUT2D eigenvalue weighted by atomic mass is 35.5. The number of aromatic amines is 1. The minimum absolute atomic E-state index is 0. The molecule has 0 aliphatic carbocycles. The van der Waals surface area contributed by atoms with Crippen LogP contribution in [0.25, 0.3) is 11.4 Å². The van der Waals surface area contributed by atoms with Gasteiger partial charge in [0.25, 0.3) is 0 Å². The number of amides is 1. The Kier molecular flexibility index (Phi) is 5.40. The number of hydrogen-bond acceptors (Lipinski definition) is 5. The van der Waals surface area contributed by atoms with Crippen LogP contribution in [-0.4, -0.2) is 32.6 Å². The second kappa shape index (κ2) is 6.81. The fraction of sp³-hybridized carbons (Fsp3) is 0.273. The van der Waals surface area contributed by atoms with Crippen LogP contribution in [-0.2, 0) is 11.3 Å². The number of carbonyl (C=O) groups is 1. The molecule has 0 saturated carbocycles. The largest absolute Gasteiger partial charge is 0.351 e. The molecule has 102 valence electrons. The summed E-state index contributed by atoms with van der Waals surface area (Å²) in [6.45, 7) is 2.10. The minimum Gasteiger partial charge on any atom is -0.351 e. The van der Waals surface area contributed by atoms with Crippen molar-refractivity contribution < 1.29 is 4.79 Å². The molecule has 1 aromatic carbocycles. The highest BCUT2D eigenvalue weighted by molar-refractivity contribution is 5.85. The normalized spacial score (nSPS) is 11.5. The van der Waals surface area contributed by atoms with Crippen molar-refractivity contribution in [2.75, 3.05) is 0 Å². The molecule has 1 atom stereocenters. The van der Waals surface area contributed by atoms with Gasteiger partial charge in [-0.1, -0.05) is 24.3 Å². The molecule has 1 aromatic heterocycles. The molecule has 0 radical (unpaired) electrons. The second-order valence-electron chi connectivity index (χ2n) is 3.94. The topological polar surface area (TPSA) is 110 Å². The monoisotopic (exact) mass is 282 g/mol. The van der Waals surface area contributed by atoms with E-state index in [2.05, 4.69) is 25.9 Å². The molecule has 0 spiro atoms. The smallest absolute Gasteiger partial charge is 0.236 e. The number of tetrazole rings is 1. The van der Waals surface area contributed by atoms with Gasteiger partial charge in [-0.3, -0.25) is 4.79 Å². The van der Waals surface area contributed by atoms with Gasteiger partial charge in [-0.25, -0.2) is 0 Å². The van der Waals surface area contributed by atoms with E-state index in [4.69, 9.17) is 5.73 Å². The van der Waals surface area contributed by atoms with Gasteiger partial charge in [0.1, 0.15) is 0 Å². The molecule has 2 aromatic rings. The zero-order valence-electron chi connectivity index (χ0n) is 10.3. The van der Waals surface area contributed by atoms with E-state index in [1.54, 1.807) is 6.92 Å². The summed E-state index contributed by atoms with van der Waals surface area (Å²) in [7, 11) is 0.